The number of aliphatic hydroxyl groups excluding tert-OH is 1. The maximum absolute atomic E-state index is 13.2. The molecule has 4 nitrogen and oxygen atoms in total. The fourth-order valence-electron chi connectivity index (χ4n) is 1.94. The molecule has 1 atom stereocenters. The van der Waals surface area contributed by atoms with Gasteiger partial charge < -0.3 is 10.2 Å². The van der Waals surface area contributed by atoms with Gasteiger partial charge >= 0.3 is 6.09 Å². The fraction of sp³-hybridized carbons (Fsp3) is 0.462. The smallest absolute Gasteiger partial charge is 0.408 e. The van der Waals surface area contributed by atoms with Crippen molar-refractivity contribution in [1.29, 1.82) is 0 Å². The molecule has 100 valence electrons. The molecule has 0 aliphatic heterocycles. The molecule has 0 bridgehead atoms. The summed E-state index contributed by atoms with van der Waals surface area (Å²) in [4.78, 5) is 12.5. The average Bonchev–Trinajstić information content (AvgIpc) is 2.23. The molecule has 0 aliphatic carbocycles. The van der Waals surface area contributed by atoms with E-state index >= 15 is 0 Å². The van der Waals surface area contributed by atoms with Gasteiger partial charge in [0.2, 0.25) is 0 Å². The number of rotatable bonds is 3. The molecule has 0 aromatic heterocycles. The number of amides is 1. The van der Waals surface area contributed by atoms with Crippen molar-refractivity contribution in [3.63, 3.8) is 0 Å². The van der Waals surface area contributed by atoms with E-state index < -0.39 is 30.1 Å². The Kier molecular flexibility index (Phi) is 4.29. The summed E-state index contributed by atoms with van der Waals surface area (Å²) in [5.74, 6) is -0.454. The third-order valence-electron chi connectivity index (χ3n) is 2.65. The van der Waals surface area contributed by atoms with Crippen molar-refractivity contribution in [1.82, 2.24) is 4.90 Å². The number of hydrogen-bond acceptors (Lipinski definition) is 2. The van der Waals surface area contributed by atoms with Crippen molar-refractivity contribution in [3.05, 3.63) is 35.6 Å². The van der Waals surface area contributed by atoms with E-state index in [-0.39, 0.29) is 0 Å². The van der Waals surface area contributed by atoms with Crippen molar-refractivity contribution < 1.29 is 19.4 Å². The molecule has 0 spiro atoms. The van der Waals surface area contributed by atoms with E-state index in [4.69, 9.17) is 0 Å². The van der Waals surface area contributed by atoms with Gasteiger partial charge in [0.1, 0.15) is 5.82 Å². The normalized spacial score (nSPS) is 13.2. The fourth-order valence-corrected chi connectivity index (χ4v) is 1.94. The van der Waals surface area contributed by atoms with Crippen molar-refractivity contribution in [2.45, 2.75) is 32.4 Å². The van der Waals surface area contributed by atoms with Crippen LogP contribution in [0.2, 0.25) is 0 Å². The first-order valence-corrected chi connectivity index (χ1v) is 5.66. The van der Waals surface area contributed by atoms with Crippen molar-refractivity contribution in [2.75, 3.05) is 6.61 Å². The van der Waals surface area contributed by atoms with E-state index in [9.17, 15) is 19.4 Å². The summed E-state index contributed by atoms with van der Waals surface area (Å²) < 4.78 is 13.2. The lowest BCUT2D eigenvalue weighted by Crippen LogP contribution is -2.48. The van der Waals surface area contributed by atoms with Crippen LogP contribution in [0.1, 0.15) is 32.4 Å². The van der Waals surface area contributed by atoms with Crippen molar-refractivity contribution in [2.24, 2.45) is 0 Å². The zero-order valence-corrected chi connectivity index (χ0v) is 10.7. The molecular weight excluding hydrogens is 237 g/mol. The lowest BCUT2D eigenvalue weighted by Gasteiger charge is -2.39. The minimum Gasteiger partial charge on any atom is -0.465 e. The molecule has 0 saturated heterocycles. The van der Waals surface area contributed by atoms with Gasteiger partial charge in [-0.1, -0.05) is 12.1 Å². The highest BCUT2D eigenvalue weighted by Gasteiger charge is 2.33. The summed E-state index contributed by atoms with van der Waals surface area (Å²) in [6, 6.07) is 4.84. The molecule has 0 aliphatic rings. The molecule has 5 heteroatoms. The molecule has 0 heterocycles. The molecular formula is C13H18FNO3. The summed E-state index contributed by atoms with van der Waals surface area (Å²) in [7, 11) is 0. The Morgan fingerprint density at radius 2 is 2.06 bits per heavy atom. The quantitative estimate of drug-likeness (QED) is 0.872. The number of hydrogen-bond donors (Lipinski definition) is 2. The molecule has 0 saturated carbocycles. The molecule has 0 fully saturated rings. The number of carboxylic acid groups (broad SMARTS) is 1. The highest BCUT2D eigenvalue weighted by atomic mass is 19.1. The Hall–Kier alpha value is -1.62. The third-order valence-corrected chi connectivity index (χ3v) is 2.65. The van der Waals surface area contributed by atoms with Crippen LogP contribution in [0.3, 0.4) is 0 Å². The molecule has 0 radical (unpaired) electrons. The van der Waals surface area contributed by atoms with Crippen LogP contribution in [0.4, 0.5) is 9.18 Å². The standard InChI is InChI=1S/C13H18FNO3/c1-13(2,3)15(12(17)18)11(8-16)9-5-4-6-10(14)7-9/h4-7,11,16H,8H2,1-3H3,(H,17,18)/t11-/m1/s1. The van der Waals surface area contributed by atoms with Gasteiger partial charge in [-0.05, 0) is 38.5 Å². The second kappa shape index (κ2) is 5.35. The minimum atomic E-state index is -1.15. The van der Waals surface area contributed by atoms with Gasteiger partial charge in [0, 0.05) is 5.54 Å². The van der Waals surface area contributed by atoms with Crippen molar-refractivity contribution >= 4 is 6.09 Å². The molecule has 0 unspecified atom stereocenters. The van der Waals surface area contributed by atoms with Crippen LogP contribution in [-0.2, 0) is 0 Å². The lowest BCUT2D eigenvalue weighted by atomic mass is 9.99. The van der Waals surface area contributed by atoms with Crippen LogP contribution in [0.5, 0.6) is 0 Å². The molecule has 18 heavy (non-hydrogen) atoms. The average molecular weight is 255 g/mol. The van der Waals surface area contributed by atoms with Crippen LogP contribution in [0, 0.1) is 5.82 Å². The largest absolute Gasteiger partial charge is 0.465 e. The van der Waals surface area contributed by atoms with Crippen LogP contribution >= 0.6 is 0 Å². The molecule has 2 N–H and O–H groups in total. The van der Waals surface area contributed by atoms with Gasteiger partial charge in [-0.3, -0.25) is 4.90 Å². The number of nitrogens with zero attached hydrogens (tertiary/aromatic N) is 1. The monoisotopic (exact) mass is 255 g/mol. The van der Waals surface area contributed by atoms with Crippen LogP contribution in [0.15, 0.2) is 24.3 Å². The Morgan fingerprint density at radius 1 is 1.44 bits per heavy atom. The van der Waals surface area contributed by atoms with E-state index in [2.05, 4.69) is 0 Å². The summed E-state index contributed by atoms with van der Waals surface area (Å²) in [6.07, 6.45) is -1.15. The highest BCUT2D eigenvalue weighted by molar-refractivity contribution is 5.67. The van der Waals surface area contributed by atoms with Gasteiger partial charge in [0.05, 0.1) is 12.6 Å². The van der Waals surface area contributed by atoms with Gasteiger partial charge in [0.15, 0.2) is 0 Å². The first-order chi connectivity index (χ1) is 8.27. The van der Waals surface area contributed by atoms with E-state index in [0.29, 0.717) is 5.56 Å². The summed E-state index contributed by atoms with van der Waals surface area (Å²) in [5, 5.41) is 18.7. The molecule has 1 aromatic carbocycles. The Bertz CT molecular complexity index is 428. The Balaban J connectivity index is 3.19. The summed E-state index contributed by atoms with van der Waals surface area (Å²) in [6.45, 7) is 4.78. The number of carbonyl (C=O) groups is 1. The first kappa shape index (κ1) is 14.4. The molecule has 1 rings (SSSR count). The topological polar surface area (TPSA) is 60.8 Å². The summed E-state index contributed by atoms with van der Waals surface area (Å²) >= 11 is 0. The number of benzene rings is 1. The molecule has 1 aromatic rings. The van der Waals surface area contributed by atoms with Gasteiger partial charge in [0.25, 0.3) is 0 Å². The Morgan fingerprint density at radius 3 is 2.44 bits per heavy atom. The number of aliphatic hydroxyl groups is 1. The zero-order valence-electron chi connectivity index (χ0n) is 10.7. The van der Waals surface area contributed by atoms with E-state index in [1.807, 2.05) is 0 Å². The van der Waals surface area contributed by atoms with E-state index in [0.717, 1.165) is 4.90 Å². The number of halogens is 1. The molecule has 1 amide bonds. The van der Waals surface area contributed by atoms with Gasteiger partial charge in [-0.2, -0.15) is 0 Å². The maximum Gasteiger partial charge on any atom is 0.408 e. The predicted molar refractivity (Wildman–Crippen MR) is 65.8 cm³/mol. The van der Waals surface area contributed by atoms with Gasteiger partial charge in [-0.15, -0.1) is 0 Å². The minimum absolute atomic E-state index is 0.396. The van der Waals surface area contributed by atoms with E-state index in [1.54, 1.807) is 26.8 Å². The maximum atomic E-state index is 13.2. The first-order valence-electron chi connectivity index (χ1n) is 5.66. The van der Waals surface area contributed by atoms with E-state index in [1.165, 1.54) is 18.2 Å². The lowest BCUT2D eigenvalue weighted by molar-refractivity contribution is 0.0457. The van der Waals surface area contributed by atoms with Crippen molar-refractivity contribution in [3.8, 4) is 0 Å². The third kappa shape index (κ3) is 3.20. The van der Waals surface area contributed by atoms with Crippen LogP contribution < -0.4 is 0 Å². The Labute approximate surface area is 106 Å². The second-order valence-corrected chi connectivity index (χ2v) is 5.08. The van der Waals surface area contributed by atoms with Crippen LogP contribution in [-0.4, -0.2) is 33.4 Å². The predicted octanol–water partition coefficient (Wildman–Crippen LogP) is 2.64. The summed E-state index contributed by atoms with van der Waals surface area (Å²) in [5.41, 5.74) is -0.249. The second-order valence-electron chi connectivity index (χ2n) is 5.08. The van der Waals surface area contributed by atoms with Crippen LogP contribution in [0.25, 0.3) is 0 Å². The van der Waals surface area contributed by atoms with Gasteiger partial charge in [-0.25, -0.2) is 9.18 Å². The zero-order chi connectivity index (χ0) is 13.9. The highest BCUT2D eigenvalue weighted by Crippen LogP contribution is 2.28. The SMILES string of the molecule is CC(C)(C)N(C(=O)O)[C@H](CO)c1cccc(F)c1.